The Bertz CT molecular complexity index is 1520. The molecule has 8 nitrogen and oxygen atoms in total. The first-order valence-corrected chi connectivity index (χ1v) is 12.5. The van der Waals surface area contributed by atoms with Crippen molar-refractivity contribution in [2.45, 2.75) is 44.4 Å². The van der Waals surface area contributed by atoms with Crippen LogP contribution in [0.5, 0.6) is 11.5 Å². The number of para-hydroxylation sites is 2. The number of rotatable bonds is 5. The number of hydrogen-bond donors (Lipinski definition) is 1. The van der Waals surface area contributed by atoms with Gasteiger partial charge in [-0.3, -0.25) is 14.4 Å². The Kier molecular flexibility index (Phi) is 5.79. The predicted octanol–water partition coefficient (Wildman–Crippen LogP) is 4.77. The third-order valence-electron chi connectivity index (χ3n) is 6.97. The van der Waals surface area contributed by atoms with Crippen LogP contribution in [0.15, 0.2) is 71.5 Å². The van der Waals surface area contributed by atoms with Crippen LogP contribution in [0, 0.1) is 0 Å². The Hall–Kier alpha value is -4.33. The Morgan fingerprint density at radius 3 is 2.22 bits per heavy atom. The highest BCUT2D eigenvalue weighted by atomic mass is 16.7. The molecule has 0 bridgehead atoms. The number of carbonyl (C=O) groups excluding carboxylic acids is 2. The van der Waals surface area contributed by atoms with E-state index in [0.717, 1.165) is 25.7 Å². The molecule has 8 heteroatoms. The van der Waals surface area contributed by atoms with E-state index in [9.17, 15) is 14.4 Å². The van der Waals surface area contributed by atoms with Gasteiger partial charge in [-0.05, 0) is 49.2 Å². The van der Waals surface area contributed by atoms with E-state index in [1.807, 2.05) is 12.1 Å². The van der Waals surface area contributed by atoms with Crippen LogP contribution in [-0.2, 0) is 20.9 Å². The van der Waals surface area contributed by atoms with E-state index in [0.29, 0.717) is 39.0 Å². The summed E-state index contributed by atoms with van der Waals surface area (Å²) in [6, 6.07) is 19.5. The molecule has 0 radical (unpaired) electrons. The van der Waals surface area contributed by atoms with Crippen molar-refractivity contribution < 1.29 is 23.8 Å². The van der Waals surface area contributed by atoms with Gasteiger partial charge in [-0.15, -0.1) is 0 Å². The Morgan fingerprint density at radius 2 is 1.51 bits per heavy atom. The molecule has 0 unspecified atom stereocenters. The number of anilines is 1. The van der Waals surface area contributed by atoms with Gasteiger partial charge in [0.1, 0.15) is 6.54 Å². The molecule has 1 aliphatic carbocycles. The standard InChI is InChI=1S/C29H26N2O6/c32-26(30-19-12-13-24-25(16-19)37-29(36-24)14-6-1-7-15-29)18-35-27(33)17-31-22-10-4-2-8-20(22)28(34)21-9-3-5-11-23(21)31/h2-5,8-13,16H,1,6-7,14-15,17-18H2,(H,30,32). The first-order chi connectivity index (χ1) is 18.0. The third-order valence-corrected chi connectivity index (χ3v) is 6.97. The highest BCUT2D eigenvalue weighted by Gasteiger charge is 2.42. The zero-order valence-corrected chi connectivity index (χ0v) is 20.2. The summed E-state index contributed by atoms with van der Waals surface area (Å²) in [7, 11) is 0. The highest BCUT2D eigenvalue weighted by Crippen LogP contribution is 2.46. The predicted molar refractivity (Wildman–Crippen MR) is 139 cm³/mol. The van der Waals surface area contributed by atoms with Gasteiger partial charge in [-0.1, -0.05) is 30.7 Å². The molecule has 2 aliphatic rings. The molecule has 37 heavy (non-hydrogen) atoms. The Balaban J connectivity index is 1.12. The summed E-state index contributed by atoms with van der Waals surface area (Å²) in [6.45, 7) is -0.575. The van der Waals surface area contributed by atoms with Gasteiger partial charge in [0.2, 0.25) is 0 Å². The van der Waals surface area contributed by atoms with E-state index in [4.69, 9.17) is 14.2 Å². The van der Waals surface area contributed by atoms with Crippen molar-refractivity contribution >= 4 is 39.4 Å². The molecule has 0 atom stereocenters. The number of fused-ring (bicyclic) bond motifs is 3. The average molecular weight is 499 g/mol. The van der Waals surface area contributed by atoms with E-state index < -0.39 is 24.3 Å². The second kappa shape index (κ2) is 9.28. The molecule has 188 valence electrons. The van der Waals surface area contributed by atoms with E-state index >= 15 is 0 Å². The number of nitrogens with one attached hydrogen (secondary N) is 1. The van der Waals surface area contributed by atoms with Crippen molar-refractivity contribution in [1.29, 1.82) is 0 Å². The van der Waals surface area contributed by atoms with Crippen molar-refractivity contribution in [1.82, 2.24) is 4.57 Å². The normalized spacial score (nSPS) is 15.7. The summed E-state index contributed by atoms with van der Waals surface area (Å²) < 4.78 is 19.2. The third kappa shape index (κ3) is 4.39. The molecule has 6 rings (SSSR count). The maximum absolute atomic E-state index is 12.9. The number of hydrogen-bond acceptors (Lipinski definition) is 6. The second-order valence-corrected chi connectivity index (χ2v) is 9.50. The van der Waals surface area contributed by atoms with Gasteiger partial charge in [0.05, 0.1) is 11.0 Å². The summed E-state index contributed by atoms with van der Waals surface area (Å²) in [5.74, 6) is -0.358. The number of amides is 1. The van der Waals surface area contributed by atoms with Gasteiger partial charge in [-0.25, -0.2) is 0 Å². The van der Waals surface area contributed by atoms with Crippen LogP contribution in [0.2, 0.25) is 0 Å². The van der Waals surface area contributed by atoms with Gasteiger partial charge >= 0.3 is 5.97 Å². The van der Waals surface area contributed by atoms with Crippen LogP contribution in [0.25, 0.3) is 21.8 Å². The van der Waals surface area contributed by atoms with Crippen LogP contribution in [0.3, 0.4) is 0 Å². The molecular formula is C29H26N2O6. The molecule has 1 amide bonds. The lowest BCUT2D eigenvalue weighted by Gasteiger charge is -2.31. The van der Waals surface area contributed by atoms with Crippen LogP contribution in [-0.4, -0.2) is 28.8 Å². The SMILES string of the molecule is O=C(COC(=O)Cn1c2ccccc2c(=O)c2ccccc21)Nc1ccc2c(c1)OC1(CCCCC1)O2. The van der Waals surface area contributed by atoms with Gasteiger partial charge in [0, 0.05) is 35.4 Å². The largest absolute Gasteiger partial charge is 0.454 e. The van der Waals surface area contributed by atoms with Gasteiger partial charge in [0.15, 0.2) is 23.5 Å². The van der Waals surface area contributed by atoms with Crippen LogP contribution in [0.1, 0.15) is 32.1 Å². The molecule has 1 spiro atoms. The fourth-order valence-corrected chi connectivity index (χ4v) is 5.23. The van der Waals surface area contributed by atoms with Gasteiger partial charge < -0.3 is 24.1 Å². The van der Waals surface area contributed by atoms with Gasteiger partial charge in [0.25, 0.3) is 11.7 Å². The first kappa shape index (κ1) is 23.1. The molecule has 1 aromatic heterocycles. The number of nitrogens with zero attached hydrogens (tertiary/aromatic N) is 1. The topological polar surface area (TPSA) is 95.9 Å². The molecule has 1 saturated carbocycles. The zero-order valence-electron chi connectivity index (χ0n) is 20.2. The summed E-state index contributed by atoms with van der Waals surface area (Å²) in [4.78, 5) is 38.1. The summed E-state index contributed by atoms with van der Waals surface area (Å²) in [5, 5.41) is 3.79. The van der Waals surface area contributed by atoms with E-state index in [-0.39, 0.29) is 12.0 Å². The molecule has 4 aromatic rings. The number of aromatic nitrogens is 1. The molecule has 0 saturated heterocycles. The molecule has 1 aliphatic heterocycles. The number of carbonyl (C=O) groups is 2. The monoisotopic (exact) mass is 498 g/mol. The maximum atomic E-state index is 12.9. The van der Waals surface area contributed by atoms with Crippen LogP contribution in [0.4, 0.5) is 5.69 Å². The van der Waals surface area contributed by atoms with E-state index in [1.54, 1.807) is 59.2 Å². The van der Waals surface area contributed by atoms with Crippen molar-refractivity contribution in [3.63, 3.8) is 0 Å². The first-order valence-electron chi connectivity index (χ1n) is 12.5. The second-order valence-electron chi connectivity index (χ2n) is 9.50. The lowest BCUT2D eigenvalue weighted by atomic mass is 9.94. The van der Waals surface area contributed by atoms with Crippen molar-refractivity contribution in [2.75, 3.05) is 11.9 Å². The minimum Gasteiger partial charge on any atom is -0.454 e. The number of ether oxygens (including phenoxy) is 3. The number of benzene rings is 3. The molecule has 1 fully saturated rings. The number of esters is 1. The summed E-state index contributed by atoms with van der Waals surface area (Å²) in [6.07, 6.45) is 5.00. The van der Waals surface area contributed by atoms with Gasteiger partial charge in [-0.2, -0.15) is 0 Å². The van der Waals surface area contributed by atoms with E-state index in [2.05, 4.69) is 5.32 Å². The zero-order chi connectivity index (χ0) is 25.4. The Morgan fingerprint density at radius 1 is 0.865 bits per heavy atom. The Labute approximate surface area is 212 Å². The summed E-state index contributed by atoms with van der Waals surface area (Å²) in [5.41, 5.74) is 1.70. The molecule has 3 aromatic carbocycles. The highest BCUT2D eigenvalue weighted by molar-refractivity contribution is 5.95. The quantitative estimate of drug-likeness (QED) is 0.315. The van der Waals surface area contributed by atoms with Crippen molar-refractivity contribution in [3.05, 3.63) is 77.0 Å². The number of pyridine rings is 1. The molecule has 1 N–H and O–H groups in total. The lowest BCUT2D eigenvalue weighted by Crippen LogP contribution is -2.40. The van der Waals surface area contributed by atoms with Crippen molar-refractivity contribution in [3.8, 4) is 11.5 Å². The van der Waals surface area contributed by atoms with Crippen molar-refractivity contribution in [2.24, 2.45) is 0 Å². The van der Waals surface area contributed by atoms with Crippen LogP contribution >= 0.6 is 0 Å². The summed E-state index contributed by atoms with van der Waals surface area (Å²) >= 11 is 0. The minimum atomic E-state index is -0.588. The fourth-order valence-electron chi connectivity index (χ4n) is 5.23. The van der Waals surface area contributed by atoms with Crippen LogP contribution < -0.4 is 20.2 Å². The lowest BCUT2D eigenvalue weighted by molar-refractivity contribution is -0.147. The average Bonchev–Trinajstić information content (AvgIpc) is 3.26. The fraction of sp³-hybridized carbons (Fsp3) is 0.276. The maximum Gasteiger partial charge on any atom is 0.326 e. The molecular weight excluding hydrogens is 472 g/mol. The smallest absolute Gasteiger partial charge is 0.326 e. The van der Waals surface area contributed by atoms with E-state index in [1.165, 1.54) is 6.42 Å². The minimum absolute atomic E-state index is 0.0895. The molecule has 2 heterocycles.